The molecule has 0 saturated carbocycles. The van der Waals surface area contributed by atoms with Gasteiger partial charge in [0.05, 0.1) is 0 Å². The molecule has 0 aliphatic heterocycles. The summed E-state index contributed by atoms with van der Waals surface area (Å²) < 4.78 is 68.0. The number of hydrogen-bond donors (Lipinski definition) is 1. The summed E-state index contributed by atoms with van der Waals surface area (Å²) in [5, 5.41) is 0. The molecule has 1 aromatic heterocycles. The van der Waals surface area contributed by atoms with Crippen molar-refractivity contribution in [1.82, 2.24) is 9.97 Å². The SMILES string of the molecule is COc1cc([Se](=O)c2ccc3nc(C(F)(F)F)[nH]c3c2)cc(OC)c1OC. The third kappa shape index (κ3) is 3.63. The number of hydrogen-bond acceptors (Lipinski definition) is 5. The fourth-order valence-electron chi connectivity index (χ4n) is 2.54. The van der Waals surface area contributed by atoms with Crippen LogP contribution >= 0.6 is 0 Å². The molecule has 6 nitrogen and oxygen atoms in total. The van der Waals surface area contributed by atoms with Crippen molar-refractivity contribution in [1.29, 1.82) is 0 Å². The maximum absolute atomic E-state index is 13.0. The number of nitrogens with zero attached hydrogens (tertiary/aromatic N) is 1. The van der Waals surface area contributed by atoms with Gasteiger partial charge in [0, 0.05) is 0 Å². The molecule has 0 saturated heterocycles. The first kappa shape index (κ1) is 19.2. The van der Waals surface area contributed by atoms with Crippen LogP contribution in [0.4, 0.5) is 13.2 Å². The molecule has 0 radical (unpaired) electrons. The first-order chi connectivity index (χ1) is 12.8. The number of rotatable bonds is 5. The van der Waals surface area contributed by atoms with Crippen molar-refractivity contribution < 1.29 is 31.2 Å². The number of nitrogens with one attached hydrogen (secondary N) is 1. The summed E-state index contributed by atoms with van der Waals surface area (Å²) in [7, 11) is 4.34. The topological polar surface area (TPSA) is 73.4 Å². The minimum atomic E-state index is -4.58. The van der Waals surface area contributed by atoms with Crippen LogP contribution in [0.25, 0.3) is 11.0 Å². The van der Waals surface area contributed by atoms with E-state index in [1.807, 2.05) is 0 Å². The third-order valence-electron chi connectivity index (χ3n) is 3.79. The first-order valence-corrected chi connectivity index (χ1v) is 9.98. The van der Waals surface area contributed by atoms with Gasteiger partial charge in [-0.2, -0.15) is 0 Å². The van der Waals surface area contributed by atoms with Gasteiger partial charge in [0.2, 0.25) is 0 Å². The van der Waals surface area contributed by atoms with E-state index in [-0.39, 0.29) is 11.0 Å². The normalized spacial score (nSPS) is 12.8. The molecule has 144 valence electrons. The summed E-state index contributed by atoms with van der Waals surface area (Å²) in [4.78, 5) is 5.73. The summed E-state index contributed by atoms with van der Waals surface area (Å²) in [5.74, 6) is -0.0388. The number of benzene rings is 2. The number of ether oxygens (including phenoxy) is 3. The molecule has 1 heterocycles. The van der Waals surface area contributed by atoms with Crippen LogP contribution < -0.4 is 23.1 Å². The third-order valence-corrected chi connectivity index (χ3v) is 6.61. The van der Waals surface area contributed by atoms with Crippen LogP contribution in [0.2, 0.25) is 0 Å². The second-order valence-corrected chi connectivity index (χ2v) is 8.50. The van der Waals surface area contributed by atoms with Gasteiger partial charge in [0.1, 0.15) is 0 Å². The Hall–Kier alpha value is -2.58. The van der Waals surface area contributed by atoms with Gasteiger partial charge in [-0.3, -0.25) is 0 Å². The van der Waals surface area contributed by atoms with Gasteiger partial charge in [-0.1, -0.05) is 0 Å². The number of H-pyrrole nitrogens is 1. The summed E-state index contributed by atoms with van der Waals surface area (Å²) in [5.41, 5.74) is 0.312. The van der Waals surface area contributed by atoms with Crippen LogP contribution in [0.15, 0.2) is 30.3 Å². The Morgan fingerprint density at radius 1 is 0.963 bits per heavy atom. The van der Waals surface area contributed by atoms with Crippen LogP contribution in [0.3, 0.4) is 0 Å². The average molecular weight is 447 g/mol. The molecule has 0 bridgehead atoms. The molecule has 1 atom stereocenters. The molecule has 2 aromatic carbocycles. The fraction of sp³-hybridized carbons (Fsp3) is 0.235. The van der Waals surface area contributed by atoms with Crippen molar-refractivity contribution in [2.45, 2.75) is 6.18 Å². The summed E-state index contributed by atoms with van der Waals surface area (Å²) in [6.45, 7) is 0. The number of alkyl halides is 3. The van der Waals surface area contributed by atoms with Gasteiger partial charge in [-0.25, -0.2) is 0 Å². The predicted molar refractivity (Wildman–Crippen MR) is 92.9 cm³/mol. The van der Waals surface area contributed by atoms with Crippen LogP contribution in [0.5, 0.6) is 17.2 Å². The van der Waals surface area contributed by atoms with Crippen molar-refractivity contribution in [2.24, 2.45) is 0 Å². The Labute approximate surface area is 156 Å². The molecule has 1 N–H and O–H groups in total. The molecule has 0 fully saturated rings. The van der Waals surface area contributed by atoms with Gasteiger partial charge >= 0.3 is 156 Å². The first-order valence-electron chi connectivity index (χ1n) is 7.57. The Morgan fingerprint density at radius 3 is 2.11 bits per heavy atom. The van der Waals surface area contributed by atoms with E-state index >= 15 is 0 Å². The van der Waals surface area contributed by atoms with Crippen molar-refractivity contribution in [3.05, 3.63) is 36.2 Å². The quantitative estimate of drug-likeness (QED) is 0.607. The molecular weight excluding hydrogens is 432 g/mol. The Balaban J connectivity index is 2.05. The van der Waals surface area contributed by atoms with E-state index in [0.717, 1.165) is 0 Å². The summed E-state index contributed by atoms with van der Waals surface area (Å²) in [6, 6.07) is 7.46. The summed E-state index contributed by atoms with van der Waals surface area (Å²) in [6.07, 6.45) is -4.58. The molecule has 0 aliphatic rings. The van der Waals surface area contributed by atoms with Gasteiger partial charge in [-0.15, -0.1) is 0 Å². The zero-order valence-corrected chi connectivity index (χ0v) is 16.2. The predicted octanol–water partition coefficient (Wildman–Crippen LogP) is 2.14. The molecule has 3 aromatic rings. The summed E-state index contributed by atoms with van der Waals surface area (Å²) >= 11 is -2.81. The van der Waals surface area contributed by atoms with Crippen molar-refractivity contribution >= 4 is 33.8 Å². The molecule has 0 amide bonds. The number of methoxy groups -OCH3 is 3. The Morgan fingerprint density at radius 2 is 1.59 bits per heavy atom. The number of fused-ring (bicyclic) bond motifs is 1. The molecule has 0 aliphatic carbocycles. The molecule has 27 heavy (non-hydrogen) atoms. The van der Waals surface area contributed by atoms with E-state index < -0.39 is 25.8 Å². The monoisotopic (exact) mass is 448 g/mol. The average Bonchev–Trinajstić information content (AvgIpc) is 3.09. The molecule has 1 unspecified atom stereocenters. The second-order valence-electron chi connectivity index (χ2n) is 5.39. The van der Waals surface area contributed by atoms with Crippen LogP contribution in [-0.2, 0) is 10.0 Å². The molecule has 10 heteroatoms. The number of imidazole rings is 1. The zero-order chi connectivity index (χ0) is 19.8. The van der Waals surface area contributed by atoms with E-state index in [4.69, 9.17) is 14.2 Å². The minimum absolute atomic E-state index is 0.148. The van der Waals surface area contributed by atoms with Crippen molar-refractivity contribution in [3.8, 4) is 17.2 Å². The second kappa shape index (κ2) is 7.21. The van der Waals surface area contributed by atoms with Gasteiger partial charge in [0.25, 0.3) is 0 Å². The standard InChI is InChI=1S/C17H15F3N2O4Se/c1-24-13-7-10(8-14(25-2)15(13)26-3)27(23)9-4-5-11-12(6-9)22-16(21-11)17(18,19)20/h4-8H,1-3H3,(H,21,22). The van der Waals surface area contributed by atoms with E-state index in [2.05, 4.69) is 9.97 Å². The van der Waals surface area contributed by atoms with E-state index in [0.29, 0.717) is 26.2 Å². The van der Waals surface area contributed by atoms with E-state index in [1.54, 1.807) is 12.1 Å². The molecular formula is C17H15F3N2O4Se. The molecule has 3 rings (SSSR count). The number of aromatic nitrogens is 2. The van der Waals surface area contributed by atoms with Gasteiger partial charge in [0.15, 0.2) is 0 Å². The van der Waals surface area contributed by atoms with Crippen molar-refractivity contribution in [2.75, 3.05) is 21.3 Å². The number of halogens is 3. The Bertz CT molecular complexity index is 992. The molecule has 0 spiro atoms. The van der Waals surface area contributed by atoms with Crippen molar-refractivity contribution in [3.63, 3.8) is 0 Å². The Kier molecular flexibility index (Phi) is 5.12. The number of aromatic amines is 1. The van der Waals surface area contributed by atoms with Gasteiger partial charge < -0.3 is 0 Å². The van der Waals surface area contributed by atoms with Gasteiger partial charge in [-0.05, 0) is 0 Å². The van der Waals surface area contributed by atoms with Crippen LogP contribution in [0.1, 0.15) is 5.82 Å². The van der Waals surface area contributed by atoms with Crippen LogP contribution in [0, 0.1) is 0 Å². The van der Waals surface area contributed by atoms with E-state index in [1.165, 1.54) is 39.5 Å². The fourth-order valence-corrected chi connectivity index (χ4v) is 4.88. The van der Waals surface area contributed by atoms with Crippen LogP contribution in [-0.4, -0.2) is 45.1 Å². The zero-order valence-electron chi connectivity index (χ0n) is 14.5. The maximum atomic E-state index is 13.0. The van der Waals surface area contributed by atoms with E-state index in [9.17, 15) is 17.0 Å².